The molecule has 8 nitrogen and oxygen atoms in total. The number of benzene rings is 1. The molecule has 0 radical (unpaired) electrons. The van der Waals surface area contributed by atoms with Gasteiger partial charge in [-0.25, -0.2) is 0 Å². The Bertz CT molecular complexity index is 1070. The summed E-state index contributed by atoms with van der Waals surface area (Å²) in [6, 6.07) is 4.83. The number of hydrogen-bond acceptors (Lipinski definition) is 4. The number of carbonyl (C=O) groups is 2. The predicted octanol–water partition coefficient (Wildman–Crippen LogP) is 1.04. The molecule has 2 aliphatic rings. The average Bonchev–Trinajstić information content (AvgIpc) is 3.20. The van der Waals surface area contributed by atoms with Gasteiger partial charge in [0.05, 0.1) is 16.4 Å². The molecule has 2 heterocycles. The molecule has 1 aromatic carbocycles. The van der Waals surface area contributed by atoms with E-state index in [9.17, 15) is 24.3 Å². The van der Waals surface area contributed by atoms with Crippen molar-refractivity contribution in [2.24, 2.45) is 11.3 Å². The van der Waals surface area contributed by atoms with Crippen LogP contribution in [0, 0.1) is 11.3 Å². The van der Waals surface area contributed by atoms with Gasteiger partial charge in [0.2, 0.25) is 0 Å². The van der Waals surface area contributed by atoms with Crippen LogP contribution in [0.5, 0.6) is 0 Å². The van der Waals surface area contributed by atoms with E-state index in [4.69, 9.17) is 0 Å². The van der Waals surface area contributed by atoms with Crippen molar-refractivity contribution in [1.29, 1.82) is 0 Å². The Hall–Kier alpha value is -2.90. The number of aliphatic carboxylic acids is 1. The Morgan fingerprint density at radius 2 is 2.11 bits per heavy atom. The Balaban J connectivity index is 1.70. The second-order valence-electron chi connectivity index (χ2n) is 7.47. The molecule has 142 valence electrons. The van der Waals surface area contributed by atoms with Gasteiger partial charge in [-0.15, -0.1) is 0 Å². The van der Waals surface area contributed by atoms with E-state index >= 15 is 0 Å². The number of H-pyrrole nitrogens is 1. The maximum Gasteiger partial charge on any atom is 0.316 e. The Morgan fingerprint density at radius 3 is 2.78 bits per heavy atom. The van der Waals surface area contributed by atoms with Gasteiger partial charge in [-0.05, 0) is 43.9 Å². The molecule has 2 aromatic rings. The number of aryl methyl sites for hydroxylation is 1. The zero-order valence-corrected chi connectivity index (χ0v) is 15.0. The summed E-state index contributed by atoms with van der Waals surface area (Å²) >= 11 is 0. The van der Waals surface area contributed by atoms with Gasteiger partial charge in [-0.3, -0.25) is 19.2 Å². The van der Waals surface area contributed by atoms with Gasteiger partial charge in [0.15, 0.2) is 0 Å². The largest absolute Gasteiger partial charge is 0.481 e. The monoisotopic (exact) mass is 371 g/mol. The number of fused-ring (bicyclic) bond motifs is 2. The summed E-state index contributed by atoms with van der Waals surface area (Å²) in [5.74, 6) is -1.08. The van der Waals surface area contributed by atoms with E-state index in [2.05, 4.69) is 4.98 Å². The maximum absolute atomic E-state index is 13.0. The first kappa shape index (κ1) is 17.5. The molecule has 27 heavy (non-hydrogen) atoms. The minimum atomic E-state index is -0.830. The van der Waals surface area contributed by atoms with Crippen molar-refractivity contribution in [1.82, 2.24) is 14.5 Å². The van der Waals surface area contributed by atoms with Crippen LogP contribution in [0.15, 0.2) is 27.8 Å². The number of aromatic nitrogens is 2. The van der Waals surface area contributed by atoms with Crippen molar-refractivity contribution in [3.8, 4) is 0 Å². The highest BCUT2D eigenvalue weighted by atomic mass is 16.4. The second-order valence-corrected chi connectivity index (χ2v) is 7.47. The maximum atomic E-state index is 13.0. The lowest BCUT2D eigenvalue weighted by atomic mass is 9.81. The molecule has 2 N–H and O–H groups in total. The zero-order chi connectivity index (χ0) is 19.3. The lowest BCUT2D eigenvalue weighted by Crippen LogP contribution is -2.37. The summed E-state index contributed by atoms with van der Waals surface area (Å²) in [6.45, 7) is 2.78. The van der Waals surface area contributed by atoms with Crippen molar-refractivity contribution < 1.29 is 14.7 Å². The molecule has 1 saturated carbocycles. The van der Waals surface area contributed by atoms with E-state index in [1.807, 2.05) is 0 Å². The van der Waals surface area contributed by atoms with E-state index in [1.54, 1.807) is 30.0 Å². The van der Waals surface area contributed by atoms with Crippen molar-refractivity contribution in [2.75, 3.05) is 13.1 Å². The van der Waals surface area contributed by atoms with E-state index in [0.717, 1.165) is 12.8 Å². The van der Waals surface area contributed by atoms with Gasteiger partial charge in [-0.2, -0.15) is 0 Å². The van der Waals surface area contributed by atoms with Gasteiger partial charge in [0.1, 0.15) is 0 Å². The van der Waals surface area contributed by atoms with Crippen LogP contribution in [0.3, 0.4) is 0 Å². The molecule has 1 saturated heterocycles. The van der Waals surface area contributed by atoms with Crippen molar-refractivity contribution >= 4 is 22.9 Å². The predicted molar refractivity (Wildman–Crippen MR) is 97.8 cm³/mol. The molecule has 1 aliphatic carbocycles. The fraction of sp³-hybridized carbons (Fsp3) is 0.474. The number of carbonyl (C=O) groups excluding carboxylic acids is 1. The molecular weight excluding hydrogens is 350 g/mol. The number of amides is 1. The molecule has 1 amide bonds. The molecule has 1 aromatic heterocycles. The topological polar surface area (TPSA) is 112 Å². The smallest absolute Gasteiger partial charge is 0.316 e. The van der Waals surface area contributed by atoms with E-state index in [0.29, 0.717) is 36.1 Å². The Labute approximate surface area is 154 Å². The van der Waals surface area contributed by atoms with Crippen LogP contribution in [0.1, 0.15) is 36.5 Å². The van der Waals surface area contributed by atoms with Crippen LogP contribution >= 0.6 is 0 Å². The highest BCUT2D eigenvalue weighted by molar-refractivity contribution is 5.98. The number of aromatic amines is 1. The summed E-state index contributed by atoms with van der Waals surface area (Å²) < 4.78 is 1.36. The van der Waals surface area contributed by atoms with Gasteiger partial charge in [-0.1, -0.05) is 6.42 Å². The summed E-state index contributed by atoms with van der Waals surface area (Å²) in [5.41, 5.74) is -0.836. The highest BCUT2D eigenvalue weighted by Crippen LogP contribution is 2.49. The summed E-state index contributed by atoms with van der Waals surface area (Å²) in [6.07, 6.45) is 2.30. The number of carboxylic acids is 1. The summed E-state index contributed by atoms with van der Waals surface area (Å²) in [7, 11) is 0. The number of rotatable bonds is 3. The first-order valence-electron chi connectivity index (χ1n) is 9.17. The number of nitrogens with one attached hydrogen (secondary N) is 1. The van der Waals surface area contributed by atoms with Gasteiger partial charge >= 0.3 is 17.1 Å². The van der Waals surface area contributed by atoms with Crippen LogP contribution in [0.2, 0.25) is 0 Å². The van der Waals surface area contributed by atoms with E-state index in [1.165, 1.54) is 4.57 Å². The average molecular weight is 371 g/mol. The zero-order valence-electron chi connectivity index (χ0n) is 15.0. The molecule has 8 heteroatoms. The van der Waals surface area contributed by atoms with E-state index < -0.39 is 22.5 Å². The SMILES string of the molecule is CCn1c(=O)c(=O)[nH]c2cc(C(=O)N3C[C@@H]4CCC[C@@]4(C(=O)O)C3)ccc21. The molecule has 2 atom stereocenters. The minimum absolute atomic E-state index is 0.00974. The third kappa shape index (κ3) is 2.50. The molecule has 2 fully saturated rings. The lowest BCUT2D eigenvalue weighted by Gasteiger charge is -2.23. The molecule has 4 rings (SSSR count). The van der Waals surface area contributed by atoms with Crippen LogP contribution in [0.4, 0.5) is 0 Å². The number of carboxylic acid groups (broad SMARTS) is 1. The van der Waals surface area contributed by atoms with Gasteiger partial charge in [0.25, 0.3) is 5.91 Å². The van der Waals surface area contributed by atoms with Crippen LogP contribution in [0.25, 0.3) is 11.0 Å². The first-order valence-corrected chi connectivity index (χ1v) is 9.17. The number of hydrogen-bond donors (Lipinski definition) is 2. The quantitative estimate of drug-likeness (QED) is 0.783. The van der Waals surface area contributed by atoms with Crippen molar-refractivity contribution in [3.63, 3.8) is 0 Å². The van der Waals surface area contributed by atoms with Crippen LogP contribution in [-0.4, -0.2) is 44.5 Å². The molecule has 0 spiro atoms. The lowest BCUT2D eigenvalue weighted by molar-refractivity contribution is -0.149. The molecule has 0 unspecified atom stereocenters. The molecular formula is C19H21N3O5. The fourth-order valence-corrected chi connectivity index (χ4v) is 4.70. The summed E-state index contributed by atoms with van der Waals surface area (Å²) in [4.78, 5) is 52.7. The molecule has 0 bridgehead atoms. The van der Waals surface area contributed by atoms with Gasteiger partial charge < -0.3 is 19.6 Å². The fourth-order valence-electron chi connectivity index (χ4n) is 4.70. The Morgan fingerprint density at radius 1 is 1.33 bits per heavy atom. The normalized spacial score (nSPS) is 24.3. The summed E-state index contributed by atoms with van der Waals surface area (Å²) in [5, 5.41) is 9.69. The number of nitrogens with zero attached hydrogens (tertiary/aromatic N) is 2. The number of likely N-dealkylation sites (tertiary alicyclic amines) is 1. The third-order valence-electron chi connectivity index (χ3n) is 6.12. The van der Waals surface area contributed by atoms with Crippen molar-refractivity contribution in [3.05, 3.63) is 44.5 Å². The van der Waals surface area contributed by atoms with Crippen LogP contribution < -0.4 is 11.1 Å². The second kappa shape index (κ2) is 6.07. The highest BCUT2D eigenvalue weighted by Gasteiger charge is 2.55. The third-order valence-corrected chi connectivity index (χ3v) is 6.12. The van der Waals surface area contributed by atoms with Gasteiger partial charge in [0, 0.05) is 25.2 Å². The standard InChI is InChI=1S/C19H21N3O5/c1-2-22-14-6-5-11(8-13(14)20-15(23)17(22)25)16(24)21-9-12-4-3-7-19(12,10-21)18(26)27/h5-6,8,12H,2-4,7,9-10H2,1H3,(H,20,23)(H,26,27)/t12-,19+/m0/s1. The Kier molecular flexibility index (Phi) is 3.94. The minimum Gasteiger partial charge on any atom is -0.481 e. The van der Waals surface area contributed by atoms with Crippen molar-refractivity contribution in [2.45, 2.75) is 32.7 Å². The first-order chi connectivity index (χ1) is 12.9. The van der Waals surface area contributed by atoms with E-state index in [-0.39, 0.29) is 18.4 Å². The molecule has 1 aliphatic heterocycles. The van der Waals surface area contributed by atoms with Crippen LogP contribution in [-0.2, 0) is 11.3 Å².